The van der Waals surface area contributed by atoms with E-state index in [0.717, 1.165) is 19.2 Å². The van der Waals surface area contributed by atoms with E-state index in [1.54, 1.807) is 24.3 Å². The maximum atomic E-state index is 12.9. The molecule has 0 aliphatic heterocycles. The largest absolute Gasteiger partial charge is 0.330 e. The van der Waals surface area contributed by atoms with Crippen LogP contribution in [0.3, 0.4) is 0 Å². The third kappa shape index (κ3) is 9.51. The maximum absolute atomic E-state index is 12.9. The fraction of sp³-hybridized carbons (Fsp3) is 0.160. The van der Waals surface area contributed by atoms with Crippen LogP contribution in [-0.4, -0.2) is 26.9 Å². The highest BCUT2D eigenvalue weighted by atomic mass is 32.2. The van der Waals surface area contributed by atoms with E-state index in [2.05, 4.69) is 12.7 Å². The van der Waals surface area contributed by atoms with Gasteiger partial charge in [0.1, 0.15) is 5.82 Å². The fourth-order valence-electron chi connectivity index (χ4n) is 2.35. The summed E-state index contributed by atoms with van der Waals surface area (Å²) in [5.74, 6) is -0.351. The highest BCUT2D eigenvalue weighted by Crippen LogP contribution is 2.19. The molecule has 2 aromatic rings. The van der Waals surface area contributed by atoms with Gasteiger partial charge in [0, 0.05) is 17.4 Å². The molecule has 0 aromatic heterocycles. The van der Waals surface area contributed by atoms with Gasteiger partial charge in [0.05, 0.1) is 10.6 Å². The van der Waals surface area contributed by atoms with E-state index >= 15 is 0 Å². The Bertz CT molecular complexity index is 1050. The Morgan fingerprint density at radius 2 is 1.55 bits per heavy atom. The lowest BCUT2D eigenvalue weighted by atomic mass is 9.97. The number of rotatable bonds is 8. The van der Waals surface area contributed by atoms with E-state index < -0.39 is 9.84 Å². The van der Waals surface area contributed by atoms with E-state index in [4.69, 9.17) is 11.1 Å². The van der Waals surface area contributed by atoms with Crippen LogP contribution in [0.4, 0.5) is 4.39 Å². The van der Waals surface area contributed by atoms with Crippen LogP contribution >= 0.6 is 0 Å². The zero-order valence-electron chi connectivity index (χ0n) is 17.9. The van der Waals surface area contributed by atoms with Crippen LogP contribution in [0, 0.1) is 11.2 Å². The van der Waals surface area contributed by atoms with Crippen molar-refractivity contribution in [3.05, 3.63) is 109 Å². The molecule has 3 N–H and O–H groups in total. The van der Waals surface area contributed by atoms with E-state index in [0.29, 0.717) is 16.7 Å². The van der Waals surface area contributed by atoms with Gasteiger partial charge >= 0.3 is 0 Å². The predicted octanol–water partition coefficient (Wildman–Crippen LogP) is 5.33. The summed E-state index contributed by atoms with van der Waals surface area (Å²) in [4.78, 5) is 0.200. The van der Waals surface area contributed by atoms with Crippen molar-refractivity contribution >= 4 is 21.1 Å². The molecule has 164 valence electrons. The number of hydrogen-bond acceptors (Lipinski definition) is 4. The van der Waals surface area contributed by atoms with Gasteiger partial charge in [-0.2, -0.15) is 0 Å². The quantitative estimate of drug-likeness (QED) is 0.430. The van der Waals surface area contributed by atoms with Crippen molar-refractivity contribution in [3.8, 4) is 0 Å². The summed E-state index contributed by atoms with van der Waals surface area (Å²) in [5.41, 5.74) is 7.09. The standard InChI is InChI=1S/C16H14FNO2S.C9H15N/c1-11(12-3-7-14(17)8-4-12)16(18)13-5-9-15(10-6-13)21(2,19)20;1-2-3-4-5-6-7-8-9-10/h3-10,18H,1H2,2H3;2-7H,8-10H2,1H3/b;3-2-,5-4-,7-6+. The van der Waals surface area contributed by atoms with Crippen molar-refractivity contribution in [2.75, 3.05) is 12.8 Å². The zero-order valence-corrected chi connectivity index (χ0v) is 18.7. The molecule has 0 saturated carbocycles. The molecule has 0 saturated heterocycles. The highest BCUT2D eigenvalue weighted by Gasteiger charge is 2.11. The third-order valence-corrected chi connectivity index (χ3v) is 5.19. The number of sulfone groups is 1. The summed E-state index contributed by atoms with van der Waals surface area (Å²) >= 11 is 0. The Labute approximate surface area is 184 Å². The molecule has 4 nitrogen and oxygen atoms in total. The second-order valence-electron chi connectivity index (χ2n) is 6.57. The van der Waals surface area contributed by atoms with Gasteiger partial charge < -0.3 is 5.73 Å². The number of halogens is 1. The summed E-state index contributed by atoms with van der Waals surface area (Å²) in [6.45, 7) is 6.56. The maximum Gasteiger partial charge on any atom is 0.175 e. The van der Waals surface area contributed by atoms with E-state index in [1.165, 1.54) is 24.3 Å². The molecule has 0 fully saturated rings. The van der Waals surface area contributed by atoms with Crippen molar-refractivity contribution in [2.45, 2.75) is 18.2 Å². The first-order valence-corrected chi connectivity index (χ1v) is 11.6. The Morgan fingerprint density at radius 3 is 2.06 bits per heavy atom. The molecule has 6 heteroatoms. The van der Waals surface area contributed by atoms with Gasteiger partial charge in [0.15, 0.2) is 9.84 Å². The minimum atomic E-state index is -3.26. The molecule has 0 unspecified atom stereocenters. The van der Waals surface area contributed by atoms with Crippen LogP contribution in [0.25, 0.3) is 5.57 Å². The first-order valence-electron chi connectivity index (χ1n) is 9.69. The monoisotopic (exact) mass is 440 g/mol. The van der Waals surface area contributed by atoms with Crippen LogP contribution in [0.5, 0.6) is 0 Å². The van der Waals surface area contributed by atoms with Crippen LogP contribution in [0.15, 0.2) is 96.5 Å². The summed E-state index contributed by atoms with van der Waals surface area (Å²) < 4.78 is 35.7. The summed E-state index contributed by atoms with van der Waals surface area (Å²) in [5, 5.41) is 8.11. The Hall–Kier alpha value is -3.09. The first-order chi connectivity index (χ1) is 14.7. The lowest BCUT2D eigenvalue weighted by Crippen LogP contribution is -2.03. The van der Waals surface area contributed by atoms with Crippen molar-refractivity contribution < 1.29 is 12.8 Å². The molecule has 0 radical (unpaired) electrons. The lowest BCUT2D eigenvalue weighted by Gasteiger charge is -2.09. The van der Waals surface area contributed by atoms with Crippen molar-refractivity contribution in [3.63, 3.8) is 0 Å². The summed E-state index contributed by atoms with van der Waals surface area (Å²) in [6.07, 6.45) is 14.1. The molecule has 2 aromatic carbocycles. The topological polar surface area (TPSA) is 84.0 Å². The molecular formula is C25H29FN2O2S. The van der Waals surface area contributed by atoms with Crippen LogP contribution in [0.2, 0.25) is 0 Å². The molecule has 0 spiro atoms. The molecule has 0 heterocycles. The number of nitrogens with one attached hydrogen (secondary N) is 1. The number of nitrogens with two attached hydrogens (primary N) is 1. The van der Waals surface area contributed by atoms with Gasteiger partial charge in [-0.15, -0.1) is 0 Å². The minimum absolute atomic E-state index is 0.168. The van der Waals surface area contributed by atoms with Crippen molar-refractivity contribution in [1.82, 2.24) is 0 Å². The SMILES string of the molecule is C=C(C(=N)c1ccc(S(C)(=O)=O)cc1)c1ccc(F)cc1.C\C=C/C=C\C=C\CCN. The molecule has 0 atom stereocenters. The molecule has 0 amide bonds. The van der Waals surface area contributed by atoms with Gasteiger partial charge in [-0.25, -0.2) is 12.8 Å². The summed E-state index contributed by atoms with van der Waals surface area (Å²) in [6, 6.07) is 11.8. The van der Waals surface area contributed by atoms with Gasteiger partial charge in [0.25, 0.3) is 0 Å². The highest BCUT2D eigenvalue weighted by molar-refractivity contribution is 7.90. The average molecular weight is 441 g/mol. The zero-order chi connectivity index (χ0) is 23.3. The van der Waals surface area contributed by atoms with Crippen LogP contribution < -0.4 is 5.73 Å². The van der Waals surface area contributed by atoms with Crippen LogP contribution in [-0.2, 0) is 9.84 Å². The van der Waals surface area contributed by atoms with E-state index in [9.17, 15) is 12.8 Å². The number of hydrogen-bond donors (Lipinski definition) is 2. The molecule has 31 heavy (non-hydrogen) atoms. The summed E-state index contributed by atoms with van der Waals surface area (Å²) in [7, 11) is -3.26. The van der Waals surface area contributed by atoms with Gasteiger partial charge in [-0.3, -0.25) is 5.41 Å². The van der Waals surface area contributed by atoms with Gasteiger partial charge in [0.2, 0.25) is 0 Å². The molecule has 0 aliphatic rings. The second-order valence-corrected chi connectivity index (χ2v) is 8.59. The van der Waals surface area contributed by atoms with Crippen LogP contribution in [0.1, 0.15) is 24.5 Å². The van der Waals surface area contributed by atoms with Gasteiger partial charge in [-0.05, 0) is 49.7 Å². The fourth-order valence-corrected chi connectivity index (χ4v) is 2.98. The third-order valence-electron chi connectivity index (χ3n) is 4.06. The van der Waals surface area contributed by atoms with E-state index in [1.807, 2.05) is 37.3 Å². The average Bonchev–Trinajstić information content (AvgIpc) is 2.76. The Morgan fingerprint density at radius 1 is 1.00 bits per heavy atom. The van der Waals surface area contributed by atoms with Crippen molar-refractivity contribution in [2.24, 2.45) is 5.73 Å². The van der Waals surface area contributed by atoms with E-state index in [-0.39, 0.29) is 16.4 Å². The smallest absolute Gasteiger partial charge is 0.175 e. The Kier molecular flexibility index (Phi) is 11.1. The first kappa shape index (κ1) is 25.9. The Balaban J connectivity index is 0.000000407. The lowest BCUT2D eigenvalue weighted by molar-refractivity contribution is 0.602. The second kappa shape index (κ2) is 13.3. The molecule has 0 aliphatic carbocycles. The molecule has 0 bridgehead atoms. The normalized spacial score (nSPS) is 11.6. The minimum Gasteiger partial charge on any atom is -0.330 e. The number of benzene rings is 2. The predicted molar refractivity (Wildman–Crippen MR) is 129 cm³/mol. The molecular weight excluding hydrogens is 411 g/mol. The molecule has 2 rings (SSSR count). The number of allylic oxidation sites excluding steroid dienone is 6. The van der Waals surface area contributed by atoms with Gasteiger partial charge in [-0.1, -0.05) is 67.3 Å². The van der Waals surface area contributed by atoms with Crippen molar-refractivity contribution in [1.29, 1.82) is 5.41 Å².